The van der Waals surface area contributed by atoms with Crippen molar-refractivity contribution < 1.29 is 14.1 Å². The summed E-state index contributed by atoms with van der Waals surface area (Å²) < 4.78 is 11.2. The molecule has 0 bridgehead atoms. The molecule has 2 aromatic rings. The van der Waals surface area contributed by atoms with Crippen molar-refractivity contribution >= 4 is 21.9 Å². The Morgan fingerprint density at radius 1 is 1.35 bits per heavy atom. The Hall–Kier alpha value is -1.62. The molecular weight excluding hydrogens is 286 g/mol. The number of halogens is 1. The number of rotatable bonds is 2. The summed E-state index contributed by atoms with van der Waals surface area (Å²) in [4.78, 5) is 11.0. The zero-order chi connectivity index (χ0) is 12.4. The molecule has 17 heavy (non-hydrogen) atoms. The minimum absolute atomic E-state index is 0.375. The second-order valence-corrected chi connectivity index (χ2v) is 4.44. The Morgan fingerprint density at radius 3 is 2.59 bits per heavy atom. The van der Waals surface area contributed by atoms with Crippen LogP contribution in [0.5, 0.6) is 5.75 Å². The van der Waals surface area contributed by atoms with Crippen LogP contribution in [0, 0.1) is 6.92 Å². The van der Waals surface area contributed by atoms with Crippen molar-refractivity contribution in [3.05, 3.63) is 34.4 Å². The Balaban J connectivity index is 2.45. The van der Waals surface area contributed by atoms with Crippen LogP contribution in [0.4, 0.5) is 0 Å². The Bertz CT molecular complexity index is 545. The number of nitrogens with zero attached hydrogens (tertiary/aromatic N) is 1. The third-order valence-electron chi connectivity index (χ3n) is 2.16. The summed E-state index contributed by atoms with van der Waals surface area (Å²) in [6, 6.07) is 7.48. The molecule has 0 N–H and O–H groups in total. The summed E-state index contributed by atoms with van der Waals surface area (Å²) in [7, 11) is 0. The normalized spacial score (nSPS) is 10.3. The van der Waals surface area contributed by atoms with Crippen LogP contribution in [0.2, 0.25) is 0 Å². The standard InChI is InChI=1S/C12H10BrNO3/c1-7-11(16-8(2)15)12(17-14-7)9-3-5-10(13)6-4-9/h3-6H,1-2H3. The highest BCUT2D eigenvalue weighted by molar-refractivity contribution is 9.10. The number of carbonyl (C=O) groups is 1. The van der Waals surface area contributed by atoms with E-state index in [2.05, 4.69) is 21.1 Å². The van der Waals surface area contributed by atoms with Crippen LogP contribution in [-0.4, -0.2) is 11.1 Å². The van der Waals surface area contributed by atoms with Gasteiger partial charge in [-0.2, -0.15) is 0 Å². The zero-order valence-electron chi connectivity index (χ0n) is 9.36. The first-order valence-electron chi connectivity index (χ1n) is 4.98. The number of carbonyl (C=O) groups excluding carboxylic acids is 1. The van der Waals surface area contributed by atoms with Gasteiger partial charge in [0.25, 0.3) is 0 Å². The topological polar surface area (TPSA) is 52.3 Å². The van der Waals surface area contributed by atoms with Crippen LogP contribution in [0.1, 0.15) is 12.6 Å². The monoisotopic (exact) mass is 295 g/mol. The van der Waals surface area contributed by atoms with Crippen molar-refractivity contribution in [2.24, 2.45) is 0 Å². The molecule has 2 rings (SSSR count). The second kappa shape index (κ2) is 4.71. The largest absolute Gasteiger partial charge is 0.420 e. The predicted octanol–water partition coefficient (Wildman–Crippen LogP) is 3.34. The molecule has 5 heteroatoms. The number of aryl methyl sites for hydroxylation is 1. The number of hydrogen-bond donors (Lipinski definition) is 0. The SMILES string of the molecule is CC(=O)Oc1c(C)noc1-c1ccc(Br)cc1. The number of benzene rings is 1. The van der Waals surface area contributed by atoms with E-state index < -0.39 is 5.97 Å². The zero-order valence-corrected chi connectivity index (χ0v) is 10.9. The molecule has 4 nitrogen and oxygen atoms in total. The third-order valence-corrected chi connectivity index (χ3v) is 2.69. The summed E-state index contributed by atoms with van der Waals surface area (Å²) in [5.74, 6) is 0.444. The molecule has 0 aliphatic rings. The lowest BCUT2D eigenvalue weighted by Gasteiger charge is -2.01. The highest BCUT2D eigenvalue weighted by Gasteiger charge is 2.17. The van der Waals surface area contributed by atoms with Crippen molar-refractivity contribution in [2.75, 3.05) is 0 Å². The summed E-state index contributed by atoms with van der Waals surface area (Å²) in [5.41, 5.74) is 1.36. The molecule has 0 spiro atoms. The van der Waals surface area contributed by atoms with Crippen LogP contribution in [0.3, 0.4) is 0 Å². The molecule has 0 unspecified atom stereocenters. The van der Waals surface area contributed by atoms with Crippen molar-refractivity contribution in [3.63, 3.8) is 0 Å². The number of aromatic nitrogens is 1. The lowest BCUT2D eigenvalue weighted by atomic mass is 10.1. The fourth-order valence-corrected chi connectivity index (χ4v) is 1.67. The molecule has 0 aliphatic heterocycles. The van der Waals surface area contributed by atoms with Gasteiger partial charge in [-0.25, -0.2) is 0 Å². The van der Waals surface area contributed by atoms with Crippen molar-refractivity contribution in [3.8, 4) is 17.1 Å². The Labute approximate surface area is 107 Å². The predicted molar refractivity (Wildman–Crippen MR) is 65.7 cm³/mol. The lowest BCUT2D eigenvalue weighted by Crippen LogP contribution is -2.02. The van der Waals surface area contributed by atoms with Gasteiger partial charge in [0.1, 0.15) is 5.69 Å². The highest BCUT2D eigenvalue weighted by Crippen LogP contribution is 2.33. The maximum atomic E-state index is 11.0. The quantitative estimate of drug-likeness (QED) is 0.798. The average Bonchev–Trinajstić information content (AvgIpc) is 2.61. The molecule has 0 aliphatic carbocycles. The summed E-state index contributed by atoms with van der Waals surface area (Å²) >= 11 is 3.35. The van der Waals surface area contributed by atoms with Crippen LogP contribution in [0.25, 0.3) is 11.3 Å². The summed E-state index contributed by atoms with van der Waals surface area (Å²) in [5, 5.41) is 3.80. The van der Waals surface area contributed by atoms with Crippen LogP contribution >= 0.6 is 15.9 Å². The maximum absolute atomic E-state index is 11.0. The van der Waals surface area contributed by atoms with Crippen molar-refractivity contribution in [2.45, 2.75) is 13.8 Å². The summed E-state index contributed by atoms with van der Waals surface area (Å²) in [6.07, 6.45) is 0. The number of esters is 1. The van der Waals surface area contributed by atoms with Crippen LogP contribution in [0.15, 0.2) is 33.3 Å². The summed E-state index contributed by atoms with van der Waals surface area (Å²) in [6.45, 7) is 3.07. The van der Waals surface area contributed by atoms with Gasteiger partial charge < -0.3 is 9.26 Å². The molecule has 1 aromatic carbocycles. The minimum atomic E-state index is -0.394. The van der Waals surface area contributed by atoms with Crippen LogP contribution in [-0.2, 0) is 4.79 Å². The third kappa shape index (κ3) is 2.55. The van der Waals surface area contributed by atoms with Gasteiger partial charge in [0.05, 0.1) is 0 Å². The first-order chi connectivity index (χ1) is 8.08. The molecule has 0 saturated heterocycles. The Kier molecular flexibility index (Phi) is 3.28. The smallest absolute Gasteiger partial charge is 0.308 e. The molecule has 1 aromatic heterocycles. The molecule has 0 fully saturated rings. The van der Waals surface area contributed by atoms with E-state index in [1.807, 2.05) is 24.3 Å². The molecule has 0 radical (unpaired) electrons. The van der Waals surface area contributed by atoms with E-state index in [0.717, 1.165) is 10.0 Å². The van der Waals surface area contributed by atoms with Gasteiger partial charge in [0.2, 0.25) is 11.5 Å². The minimum Gasteiger partial charge on any atom is -0.420 e. The van der Waals surface area contributed by atoms with Gasteiger partial charge in [-0.3, -0.25) is 4.79 Å². The lowest BCUT2D eigenvalue weighted by molar-refractivity contribution is -0.131. The molecule has 1 heterocycles. The second-order valence-electron chi connectivity index (χ2n) is 3.53. The molecule has 0 atom stereocenters. The van der Waals surface area contributed by atoms with Gasteiger partial charge in [-0.15, -0.1) is 0 Å². The fraction of sp³-hybridized carbons (Fsp3) is 0.167. The first-order valence-corrected chi connectivity index (χ1v) is 5.78. The fourth-order valence-electron chi connectivity index (χ4n) is 1.41. The van der Waals surface area contributed by atoms with Gasteiger partial charge in [0, 0.05) is 17.0 Å². The number of hydrogen-bond acceptors (Lipinski definition) is 4. The van der Waals surface area contributed by atoms with E-state index in [1.165, 1.54) is 6.92 Å². The van der Waals surface area contributed by atoms with E-state index in [4.69, 9.17) is 9.26 Å². The van der Waals surface area contributed by atoms with E-state index in [0.29, 0.717) is 17.2 Å². The van der Waals surface area contributed by atoms with E-state index in [-0.39, 0.29) is 0 Å². The molecular formula is C12H10BrNO3. The molecule has 0 saturated carbocycles. The number of ether oxygens (including phenoxy) is 1. The van der Waals surface area contributed by atoms with Gasteiger partial charge in [0.15, 0.2) is 0 Å². The van der Waals surface area contributed by atoms with Gasteiger partial charge >= 0.3 is 5.97 Å². The maximum Gasteiger partial charge on any atom is 0.308 e. The van der Waals surface area contributed by atoms with Gasteiger partial charge in [-0.05, 0) is 31.2 Å². The molecule has 0 amide bonds. The first kappa shape index (κ1) is 11.9. The van der Waals surface area contributed by atoms with E-state index >= 15 is 0 Å². The van der Waals surface area contributed by atoms with Crippen LogP contribution < -0.4 is 4.74 Å². The van der Waals surface area contributed by atoms with Crippen molar-refractivity contribution in [1.29, 1.82) is 0 Å². The Morgan fingerprint density at radius 2 is 2.00 bits per heavy atom. The van der Waals surface area contributed by atoms with Gasteiger partial charge in [-0.1, -0.05) is 21.1 Å². The molecule has 88 valence electrons. The van der Waals surface area contributed by atoms with E-state index in [9.17, 15) is 4.79 Å². The van der Waals surface area contributed by atoms with Crippen molar-refractivity contribution in [1.82, 2.24) is 5.16 Å². The average molecular weight is 296 g/mol. The van der Waals surface area contributed by atoms with E-state index in [1.54, 1.807) is 6.92 Å². The highest BCUT2D eigenvalue weighted by atomic mass is 79.9.